The van der Waals surface area contributed by atoms with Gasteiger partial charge in [-0.15, -0.1) is 0 Å². The average Bonchev–Trinajstić information content (AvgIpc) is 3.32. The Morgan fingerprint density at radius 2 is 1.79 bits per heavy atom. The highest BCUT2D eigenvalue weighted by Gasteiger charge is 2.14. The lowest BCUT2D eigenvalue weighted by Gasteiger charge is -2.17. The molecule has 0 radical (unpaired) electrons. The lowest BCUT2D eigenvalue weighted by Crippen LogP contribution is -2.38. The third kappa shape index (κ3) is 7.20. The monoisotopic (exact) mass is 448 g/mol. The predicted octanol–water partition coefficient (Wildman–Crippen LogP) is 4.08. The van der Waals surface area contributed by atoms with Gasteiger partial charge in [-0.25, -0.2) is 0 Å². The number of likely N-dealkylation sites (N-methyl/N-ethyl adjacent to an activating group) is 1. The first kappa shape index (κ1) is 24.0. The Bertz CT molecular complexity index is 1030. The van der Waals surface area contributed by atoms with E-state index < -0.39 is 0 Å². The van der Waals surface area contributed by atoms with Crippen LogP contribution in [0.5, 0.6) is 5.75 Å². The molecular formula is C26H32N4O3. The second-order valence-corrected chi connectivity index (χ2v) is 7.88. The topological polar surface area (TPSA) is 87.3 Å². The predicted molar refractivity (Wildman–Crippen MR) is 129 cm³/mol. The van der Waals surface area contributed by atoms with Gasteiger partial charge in [-0.2, -0.15) is 5.10 Å². The molecule has 1 aromatic heterocycles. The molecule has 2 aromatic carbocycles. The summed E-state index contributed by atoms with van der Waals surface area (Å²) < 4.78 is 5.48. The highest BCUT2D eigenvalue weighted by molar-refractivity contribution is 5.98. The normalized spacial score (nSPS) is 10.6. The molecule has 0 aliphatic rings. The number of nitrogens with one attached hydrogen (secondary N) is 2. The zero-order chi connectivity index (χ0) is 23.5. The highest BCUT2D eigenvalue weighted by Crippen LogP contribution is 2.18. The molecular weight excluding hydrogens is 416 g/mol. The molecule has 1 heterocycles. The minimum atomic E-state index is -0.310. The molecule has 0 aliphatic carbocycles. The number of aryl methyl sites for hydroxylation is 1. The first-order valence-corrected chi connectivity index (χ1v) is 11.4. The van der Waals surface area contributed by atoms with Gasteiger partial charge in [0.1, 0.15) is 5.75 Å². The maximum absolute atomic E-state index is 12.4. The molecule has 3 aromatic rings. The van der Waals surface area contributed by atoms with Crippen LogP contribution < -0.4 is 10.1 Å². The van der Waals surface area contributed by atoms with Crippen molar-refractivity contribution in [2.45, 2.75) is 32.6 Å². The maximum Gasteiger partial charge on any atom is 0.255 e. The lowest BCUT2D eigenvalue weighted by atomic mass is 10.1. The SMILES string of the molecule is CCOc1ccccc1C(=O)NCC(=O)N(C)CCCCCc1cc(-c2ccccc2)n[nH]1. The van der Waals surface area contributed by atoms with E-state index in [1.807, 2.05) is 43.3 Å². The summed E-state index contributed by atoms with van der Waals surface area (Å²) in [6.45, 7) is 2.96. The number of hydrogen-bond acceptors (Lipinski definition) is 4. The van der Waals surface area contributed by atoms with E-state index in [2.05, 4.69) is 21.6 Å². The van der Waals surface area contributed by atoms with E-state index in [0.717, 1.165) is 42.6 Å². The third-order valence-corrected chi connectivity index (χ3v) is 5.40. The highest BCUT2D eigenvalue weighted by atomic mass is 16.5. The van der Waals surface area contributed by atoms with E-state index in [9.17, 15) is 9.59 Å². The van der Waals surface area contributed by atoms with Crippen LogP contribution in [0.15, 0.2) is 60.7 Å². The largest absolute Gasteiger partial charge is 0.493 e. The van der Waals surface area contributed by atoms with Gasteiger partial charge in [0.2, 0.25) is 5.91 Å². The van der Waals surface area contributed by atoms with E-state index in [0.29, 0.717) is 24.5 Å². The summed E-state index contributed by atoms with van der Waals surface area (Å²) in [6, 6.07) is 19.2. The molecule has 0 bridgehead atoms. The van der Waals surface area contributed by atoms with Gasteiger partial charge in [0, 0.05) is 24.8 Å². The number of carbonyl (C=O) groups excluding carboxylic acids is 2. The molecule has 7 heteroatoms. The number of rotatable bonds is 12. The van der Waals surface area contributed by atoms with Crippen molar-refractivity contribution >= 4 is 11.8 Å². The molecule has 0 saturated carbocycles. The first-order valence-electron chi connectivity index (χ1n) is 11.4. The summed E-state index contributed by atoms with van der Waals surface area (Å²) in [5, 5.41) is 10.2. The van der Waals surface area contributed by atoms with Gasteiger partial charge >= 0.3 is 0 Å². The van der Waals surface area contributed by atoms with Gasteiger partial charge in [-0.3, -0.25) is 14.7 Å². The number of amides is 2. The van der Waals surface area contributed by atoms with Crippen molar-refractivity contribution in [3.05, 3.63) is 71.9 Å². The third-order valence-electron chi connectivity index (χ3n) is 5.40. The molecule has 0 saturated heterocycles. The molecule has 0 unspecified atom stereocenters. The number of unbranched alkanes of at least 4 members (excludes halogenated alkanes) is 2. The van der Waals surface area contributed by atoms with Crippen molar-refractivity contribution in [3.8, 4) is 17.0 Å². The first-order chi connectivity index (χ1) is 16.1. The fourth-order valence-corrected chi connectivity index (χ4v) is 3.53. The van der Waals surface area contributed by atoms with Crippen LogP contribution >= 0.6 is 0 Å². The summed E-state index contributed by atoms with van der Waals surface area (Å²) in [6.07, 6.45) is 3.85. The molecule has 0 spiro atoms. The smallest absolute Gasteiger partial charge is 0.255 e. The van der Waals surface area contributed by atoms with E-state index in [1.54, 1.807) is 30.1 Å². The molecule has 0 fully saturated rings. The minimum absolute atomic E-state index is 0.0355. The van der Waals surface area contributed by atoms with Gasteiger partial charge < -0.3 is 15.0 Å². The van der Waals surface area contributed by atoms with Gasteiger partial charge in [0.05, 0.1) is 24.4 Å². The van der Waals surface area contributed by atoms with E-state index in [1.165, 1.54) is 0 Å². The Morgan fingerprint density at radius 3 is 2.58 bits per heavy atom. The summed E-state index contributed by atoms with van der Waals surface area (Å²) >= 11 is 0. The fraction of sp³-hybridized carbons (Fsp3) is 0.346. The average molecular weight is 449 g/mol. The number of carbonyl (C=O) groups is 2. The molecule has 3 rings (SSSR count). The molecule has 0 atom stereocenters. The quantitative estimate of drug-likeness (QED) is 0.409. The number of aromatic amines is 1. The molecule has 7 nitrogen and oxygen atoms in total. The number of H-pyrrole nitrogens is 1. The molecule has 33 heavy (non-hydrogen) atoms. The van der Waals surface area contributed by atoms with Crippen LogP contribution in [-0.4, -0.2) is 53.7 Å². The molecule has 174 valence electrons. The van der Waals surface area contributed by atoms with Crippen molar-refractivity contribution in [2.24, 2.45) is 0 Å². The van der Waals surface area contributed by atoms with Crippen molar-refractivity contribution in [1.29, 1.82) is 0 Å². The number of hydrogen-bond donors (Lipinski definition) is 2. The standard InChI is InChI=1S/C26H32N4O3/c1-3-33-24-16-10-9-15-22(24)26(32)27-19-25(31)30(2)17-11-5-8-14-21-18-23(29-28-21)20-12-6-4-7-13-20/h4,6-7,9-10,12-13,15-16,18H,3,5,8,11,14,17,19H2,1-2H3,(H,27,32)(H,28,29). The number of benzene rings is 2. The van der Waals surface area contributed by atoms with Crippen molar-refractivity contribution in [2.75, 3.05) is 26.7 Å². The van der Waals surface area contributed by atoms with E-state index in [-0.39, 0.29) is 18.4 Å². The second-order valence-electron chi connectivity index (χ2n) is 7.88. The van der Waals surface area contributed by atoms with Crippen LogP contribution in [0, 0.1) is 0 Å². The number of nitrogens with zero attached hydrogens (tertiary/aromatic N) is 2. The fourth-order valence-electron chi connectivity index (χ4n) is 3.53. The van der Waals surface area contributed by atoms with Crippen LogP contribution in [0.4, 0.5) is 0 Å². The van der Waals surface area contributed by atoms with Gasteiger partial charge in [-0.1, -0.05) is 48.9 Å². The Balaban J connectivity index is 1.34. The van der Waals surface area contributed by atoms with E-state index in [4.69, 9.17) is 4.74 Å². The van der Waals surface area contributed by atoms with Crippen LogP contribution in [-0.2, 0) is 11.2 Å². The van der Waals surface area contributed by atoms with Gasteiger partial charge in [-0.05, 0) is 44.4 Å². The van der Waals surface area contributed by atoms with Crippen molar-refractivity contribution < 1.29 is 14.3 Å². The zero-order valence-electron chi connectivity index (χ0n) is 19.3. The van der Waals surface area contributed by atoms with Gasteiger partial charge in [0.15, 0.2) is 0 Å². The van der Waals surface area contributed by atoms with Crippen LogP contribution in [0.25, 0.3) is 11.3 Å². The molecule has 2 amide bonds. The van der Waals surface area contributed by atoms with Gasteiger partial charge in [0.25, 0.3) is 5.91 Å². The lowest BCUT2D eigenvalue weighted by molar-refractivity contribution is -0.128. The number of aromatic nitrogens is 2. The van der Waals surface area contributed by atoms with Crippen LogP contribution in [0.3, 0.4) is 0 Å². The van der Waals surface area contributed by atoms with Crippen LogP contribution in [0.1, 0.15) is 42.2 Å². The second kappa shape index (κ2) is 12.4. The summed E-state index contributed by atoms with van der Waals surface area (Å²) in [5.41, 5.74) is 3.62. The van der Waals surface area contributed by atoms with Crippen molar-refractivity contribution in [1.82, 2.24) is 20.4 Å². The summed E-state index contributed by atoms with van der Waals surface area (Å²) in [5.74, 6) is 0.0972. The van der Waals surface area contributed by atoms with Crippen molar-refractivity contribution in [3.63, 3.8) is 0 Å². The summed E-state index contributed by atoms with van der Waals surface area (Å²) in [4.78, 5) is 26.5. The molecule has 0 aliphatic heterocycles. The van der Waals surface area contributed by atoms with Crippen LogP contribution in [0.2, 0.25) is 0 Å². The Hall–Kier alpha value is -3.61. The minimum Gasteiger partial charge on any atom is -0.493 e. The maximum atomic E-state index is 12.4. The summed E-state index contributed by atoms with van der Waals surface area (Å²) in [7, 11) is 1.77. The number of ether oxygens (including phenoxy) is 1. The van der Waals surface area contributed by atoms with E-state index >= 15 is 0 Å². The molecule has 2 N–H and O–H groups in total. The zero-order valence-corrected chi connectivity index (χ0v) is 19.3. The number of para-hydroxylation sites is 1. The Morgan fingerprint density at radius 1 is 1.03 bits per heavy atom. The Kier molecular flexibility index (Phi) is 9.06. The Labute approximate surface area is 195 Å².